The van der Waals surface area contributed by atoms with Gasteiger partial charge in [0.05, 0.1) is 18.6 Å². The molecule has 2 aromatic rings. The summed E-state index contributed by atoms with van der Waals surface area (Å²) in [6.45, 7) is 1.02. The molecule has 0 saturated carbocycles. The summed E-state index contributed by atoms with van der Waals surface area (Å²) in [6.07, 6.45) is 6.96. The largest absolute Gasteiger partial charge is 0.337 e. The van der Waals surface area contributed by atoms with Gasteiger partial charge in [-0.3, -0.25) is 0 Å². The molecule has 3 heterocycles. The maximum Gasteiger partial charge on any atom is 0.244 e. The number of hydrogen-bond donors (Lipinski definition) is 1. The summed E-state index contributed by atoms with van der Waals surface area (Å²) < 4.78 is 7.20. The van der Waals surface area contributed by atoms with E-state index in [4.69, 9.17) is 4.52 Å². The van der Waals surface area contributed by atoms with Gasteiger partial charge >= 0.3 is 0 Å². The molecule has 6 heteroatoms. The molecule has 0 spiro atoms. The van der Waals surface area contributed by atoms with Gasteiger partial charge in [0.2, 0.25) is 11.7 Å². The Balaban J connectivity index is 1.85. The van der Waals surface area contributed by atoms with E-state index in [1.807, 2.05) is 11.6 Å². The van der Waals surface area contributed by atoms with Crippen LogP contribution in [0.1, 0.15) is 31.2 Å². The van der Waals surface area contributed by atoms with E-state index in [2.05, 4.69) is 20.4 Å². The fourth-order valence-corrected chi connectivity index (χ4v) is 2.12. The van der Waals surface area contributed by atoms with E-state index in [-0.39, 0.29) is 6.04 Å². The molecule has 1 aliphatic heterocycles. The van der Waals surface area contributed by atoms with Crippen LogP contribution in [0.5, 0.6) is 0 Å². The molecule has 2 aromatic heterocycles. The average molecular weight is 233 g/mol. The van der Waals surface area contributed by atoms with E-state index in [1.165, 1.54) is 12.8 Å². The molecule has 1 aliphatic rings. The normalized spacial score (nSPS) is 20.6. The minimum absolute atomic E-state index is 0.207. The van der Waals surface area contributed by atoms with Gasteiger partial charge in [-0.25, -0.2) is 4.98 Å². The number of aryl methyl sites for hydroxylation is 1. The Morgan fingerprint density at radius 2 is 2.41 bits per heavy atom. The van der Waals surface area contributed by atoms with Gasteiger partial charge in [0.1, 0.15) is 5.69 Å². The first kappa shape index (κ1) is 10.5. The lowest BCUT2D eigenvalue weighted by molar-refractivity contribution is 0.297. The summed E-state index contributed by atoms with van der Waals surface area (Å²) in [5.41, 5.74) is 0.871. The van der Waals surface area contributed by atoms with Crippen molar-refractivity contribution in [2.75, 3.05) is 6.54 Å². The average Bonchev–Trinajstić information content (AvgIpc) is 2.98. The van der Waals surface area contributed by atoms with E-state index in [1.54, 1.807) is 12.5 Å². The highest BCUT2D eigenvalue weighted by Gasteiger charge is 2.21. The zero-order valence-corrected chi connectivity index (χ0v) is 9.76. The van der Waals surface area contributed by atoms with E-state index < -0.39 is 0 Å². The minimum Gasteiger partial charge on any atom is -0.337 e. The third kappa shape index (κ3) is 1.95. The van der Waals surface area contributed by atoms with E-state index >= 15 is 0 Å². The second kappa shape index (κ2) is 4.29. The number of nitrogens with zero attached hydrogens (tertiary/aromatic N) is 4. The van der Waals surface area contributed by atoms with Crippen molar-refractivity contribution in [2.45, 2.75) is 25.3 Å². The Morgan fingerprint density at radius 3 is 3.12 bits per heavy atom. The highest BCUT2D eigenvalue weighted by molar-refractivity contribution is 5.47. The van der Waals surface area contributed by atoms with Crippen molar-refractivity contribution in [1.29, 1.82) is 0 Å². The van der Waals surface area contributed by atoms with Crippen molar-refractivity contribution in [3.63, 3.8) is 0 Å². The van der Waals surface area contributed by atoms with Gasteiger partial charge in [0.25, 0.3) is 0 Å². The summed E-state index contributed by atoms with van der Waals surface area (Å²) in [7, 11) is 1.91. The third-order valence-electron chi connectivity index (χ3n) is 3.10. The Kier molecular flexibility index (Phi) is 2.64. The summed E-state index contributed by atoms with van der Waals surface area (Å²) in [5.74, 6) is 1.29. The molecule has 1 N–H and O–H groups in total. The predicted molar refractivity (Wildman–Crippen MR) is 61.1 cm³/mol. The van der Waals surface area contributed by atoms with Crippen molar-refractivity contribution < 1.29 is 4.52 Å². The van der Waals surface area contributed by atoms with E-state index in [9.17, 15) is 0 Å². The molecule has 3 rings (SSSR count). The molecule has 6 nitrogen and oxygen atoms in total. The van der Waals surface area contributed by atoms with Gasteiger partial charge in [-0.2, -0.15) is 4.98 Å². The van der Waals surface area contributed by atoms with Crippen LogP contribution in [0.3, 0.4) is 0 Å². The second-order valence-corrected chi connectivity index (χ2v) is 4.35. The lowest BCUT2D eigenvalue weighted by Crippen LogP contribution is -2.26. The molecule has 17 heavy (non-hydrogen) atoms. The monoisotopic (exact) mass is 233 g/mol. The van der Waals surface area contributed by atoms with Crippen LogP contribution >= 0.6 is 0 Å². The molecule has 1 saturated heterocycles. The molecular formula is C11H15N5O. The van der Waals surface area contributed by atoms with Crippen molar-refractivity contribution in [3.05, 3.63) is 18.4 Å². The molecule has 1 unspecified atom stereocenters. The van der Waals surface area contributed by atoms with Gasteiger partial charge < -0.3 is 14.4 Å². The molecule has 90 valence electrons. The van der Waals surface area contributed by atoms with Crippen LogP contribution in [-0.4, -0.2) is 26.2 Å². The Labute approximate surface area is 99.0 Å². The van der Waals surface area contributed by atoms with Gasteiger partial charge in [0, 0.05) is 7.05 Å². The number of aromatic nitrogens is 4. The smallest absolute Gasteiger partial charge is 0.244 e. The van der Waals surface area contributed by atoms with Crippen LogP contribution in [0.15, 0.2) is 17.0 Å². The number of imidazole rings is 1. The second-order valence-electron chi connectivity index (χ2n) is 4.35. The van der Waals surface area contributed by atoms with E-state index in [0.29, 0.717) is 11.7 Å². The SMILES string of the molecule is Cn1cncc1-c1noc(C2CCCCN2)n1. The molecule has 1 atom stereocenters. The Hall–Kier alpha value is -1.69. The fraction of sp³-hybridized carbons (Fsp3) is 0.545. The van der Waals surface area contributed by atoms with Crippen LogP contribution in [0, 0.1) is 0 Å². The summed E-state index contributed by atoms with van der Waals surface area (Å²) in [6, 6.07) is 0.207. The van der Waals surface area contributed by atoms with Gasteiger partial charge in [-0.05, 0) is 19.4 Å². The quantitative estimate of drug-likeness (QED) is 0.846. The van der Waals surface area contributed by atoms with Crippen molar-refractivity contribution in [3.8, 4) is 11.5 Å². The van der Waals surface area contributed by atoms with Crippen LogP contribution < -0.4 is 5.32 Å². The lowest BCUT2D eigenvalue weighted by atomic mass is 10.1. The number of nitrogens with one attached hydrogen (secondary N) is 1. The Bertz CT molecular complexity index is 497. The zero-order chi connectivity index (χ0) is 11.7. The highest BCUT2D eigenvalue weighted by atomic mass is 16.5. The first-order valence-corrected chi connectivity index (χ1v) is 5.88. The first-order valence-electron chi connectivity index (χ1n) is 5.88. The van der Waals surface area contributed by atoms with Crippen molar-refractivity contribution in [2.24, 2.45) is 7.05 Å². The predicted octanol–water partition coefficient (Wildman–Crippen LogP) is 1.28. The maximum absolute atomic E-state index is 5.32. The molecule has 0 radical (unpaired) electrons. The van der Waals surface area contributed by atoms with Gasteiger partial charge in [-0.1, -0.05) is 11.6 Å². The summed E-state index contributed by atoms with van der Waals surface area (Å²) in [4.78, 5) is 8.48. The number of piperidine rings is 1. The van der Waals surface area contributed by atoms with E-state index in [0.717, 1.165) is 18.7 Å². The Morgan fingerprint density at radius 1 is 1.47 bits per heavy atom. The van der Waals surface area contributed by atoms with Crippen LogP contribution in [0.4, 0.5) is 0 Å². The number of rotatable bonds is 2. The van der Waals surface area contributed by atoms with Crippen molar-refractivity contribution >= 4 is 0 Å². The summed E-state index contributed by atoms with van der Waals surface area (Å²) in [5, 5.41) is 7.40. The first-order chi connectivity index (χ1) is 8.34. The highest BCUT2D eigenvalue weighted by Crippen LogP contribution is 2.23. The minimum atomic E-state index is 0.207. The van der Waals surface area contributed by atoms with Gasteiger partial charge in [-0.15, -0.1) is 0 Å². The molecule has 1 fully saturated rings. The third-order valence-corrected chi connectivity index (χ3v) is 3.10. The summed E-state index contributed by atoms with van der Waals surface area (Å²) >= 11 is 0. The molecule has 0 aliphatic carbocycles. The van der Waals surface area contributed by atoms with Crippen LogP contribution in [-0.2, 0) is 7.05 Å². The fourth-order valence-electron chi connectivity index (χ4n) is 2.12. The molecular weight excluding hydrogens is 218 g/mol. The standard InChI is InChI=1S/C11H15N5O/c1-16-7-12-6-9(16)10-14-11(17-15-10)8-4-2-3-5-13-8/h6-8,13H,2-5H2,1H3. The van der Waals surface area contributed by atoms with Crippen LogP contribution in [0.2, 0.25) is 0 Å². The molecule has 0 bridgehead atoms. The van der Waals surface area contributed by atoms with Gasteiger partial charge in [0.15, 0.2) is 0 Å². The lowest BCUT2D eigenvalue weighted by Gasteiger charge is -2.19. The van der Waals surface area contributed by atoms with Crippen LogP contribution in [0.25, 0.3) is 11.5 Å². The molecule has 0 aromatic carbocycles. The zero-order valence-electron chi connectivity index (χ0n) is 9.76. The van der Waals surface area contributed by atoms with Crippen molar-refractivity contribution in [1.82, 2.24) is 25.0 Å². The number of hydrogen-bond acceptors (Lipinski definition) is 5. The molecule has 0 amide bonds. The topological polar surface area (TPSA) is 68.8 Å². The maximum atomic E-state index is 5.32.